The van der Waals surface area contributed by atoms with E-state index in [4.69, 9.17) is 9.26 Å². The number of aromatic nitrogens is 2. The van der Waals surface area contributed by atoms with Crippen LogP contribution < -0.4 is 5.32 Å². The third-order valence-corrected chi connectivity index (χ3v) is 3.16. The minimum Gasteiger partial charge on any atom is -0.377 e. The third-order valence-electron chi connectivity index (χ3n) is 3.16. The Morgan fingerprint density at radius 2 is 2.24 bits per heavy atom. The van der Waals surface area contributed by atoms with E-state index in [1.165, 1.54) is 19.3 Å². The largest absolute Gasteiger partial charge is 0.377 e. The Kier molecular flexibility index (Phi) is 3.79. The molecule has 1 fully saturated rings. The maximum Gasteiger partial charge on any atom is 0.223 e. The molecule has 1 aromatic rings. The zero-order chi connectivity index (χ0) is 12.3. The number of hydrogen-bond acceptors (Lipinski definition) is 5. The number of rotatable bonds is 6. The van der Waals surface area contributed by atoms with Gasteiger partial charge in [0.2, 0.25) is 5.89 Å². The van der Waals surface area contributed by atoms with Gasteiger partial charge in [0.15, 0.2) is 5.82 Å². The Morgan fingerprint density at radius 3 is 2.76 bits per heavy atom. The zero-order valence-corrected chi connectivity index (χ0v) is 10.8. The van der Waals surface area contributed by atoms with Crippen molar-refractivity contribution in [3.63, 3.8) is 0 Å². The van der Waals surface area contributed by atoms with Crippen molar-refractivity contribution < 1.29 is 9.26 Å². The lowest BCUT2D eigenvalue weighted by molar-refractivity contribution is 0.00213. The average Bonchev–Trinajstić information content (AvgIpc) is 2.62. The lowest BCUT2D eigenvalue weighted by atomic mass is 9.96. The number of hydrogen-bond donors (Lipinski definition) is 1. The van der Waals surface area contributed by atoms with Gasteiger partial charge in [-0.15, -0.1) is 0 Å². The van der Waals surface area contributed by atoms with Crippen molar-refractivity contribution in [3.05, 3.63) is 11.7 Å². The number of nitrogens with one attached hydrogen (secondary N) is 1. The molecule has 5 nitrogen and oxygen atoms in total. The summed E-state index contributed by atoms with van der Waals surface area (Å²) in [7, 11) is 0. The molecular weight excluding hydrogens is 218 g/mol. The molecule has 1 aliphatic rings. The van der Waals surface area contributed by atoms with Crippen molar-refractivity contribution in [2.24, 2.45) is 0 Å². The van der Waals surface area contributed by atoms with Gasteiger partial charge in [-0.3, -0.25) is 0 Å². The molecule has 0 aliphatic heterocycles. The summed E-state index contributed by atoms with van der Waals surface area (Å²) in [6.45, 7) is 7.43. The van der Waals surface area contributed by atoms with E-state index in [2.05, 4.69) is 15.5 Å². The van der Waals surface area contributed by atoms with Gasteiger partial charge < -0.3 is 14.6 Å². The van der Waals surface area contributed by atoms with Crippen LogP contribution in [0.25, 0.3) is 0 Å². The van der Waals surface area contributed by atoms with Gasteiger partial charge in [-0.2, -0.15) is 4.98 Å². The molecule has 5 heteroatoms. The van der Waals surface area contributed by atoms with E-state index in [1.807, 2.05) is 13.8 Å². The van der Waals surface area contributed by atoms with Crippen LogP contribution in [0.3, 0.4) is 0 Å². The Bertz CT molecular complexity index is 358. The van der Waals surface area contributed by atoms with E-state index >= 15 is 0 Å². The molecule has 1 aromatic heterocycles. The van der Waals surface area contributed by atoms with Crippen LogP contribution in [0.4, 0.5) is 0 Å². The van der Waals surface area contributed by atoms with E-state index in [1.54, 1.807) is 6.92 Å². The SMILES string of the molecule is Cc1nc(C(C)(C)NCCOC2CCC2)no1. The molecule has 0 unspecified atom stereocenters. The Hall–Kier alpha value is -0.940. The van der Waals surface area contributed by atoms with Crippen molar-refractivity contribution in [1.82, 2.24) is 15.5 Å². The van der Waals surface area contributed by atoms with Crippen molar-refractivity contribution >= 4 is 0 Å². The number of aryl methyl sites for hydroxylation is 1. The summed E-state index contributed by atoms with van der Waals surface area (Å²) >= 11 is 0. The summed E-state index contributed by atoms with van der Waals surface area (Å²) in [4.78, 5) is 4.24. The fraction of sp³-hybridized carbons (Fsp3) is 0.833. The molecule has 0 spiro atoms. The van der Waals surface area contributed by atoms with Gasteiger partial charge in [-0.05, 0) is 33.1 Å². The highest BCUT2D eigenvalue weighted by Crippen LogP contribution is 2.21. The van der Waals surface area contributed by atoms with Gasteiger partial charge >= 0.3 is 0 Å². The summed E-state index contributed by atoms with van der Waals surface area (Å²) in [5.74, 6) is 1.29. The fourth-order valence-corrected chi connectivity index (χ4v) is 1.76. The molecule has 0 radical (unpaired) electrons. The van der Waals surface area contributed by atoms with Crippen molar-refractivity contribution in [1.29, 1.82) is 0 Å². The van der Waals surface area contributed by atoms with Crippen LogP contribution in [0.2, 0.25) is 0 Å². The van der Waals surface area contributed by atoms with E-state index in [9.17, 15) is 0 Å². The third kappa shape index (κ3) is 3.26. The molecule has 0 bridgehead atoms. The first-order chi connectivity index (χ1) is 8.08. The summed E-state index contributed by atoms with van der Waals surface area (Å²) in [6.07, 6.45) is 4.24. The summed E-state index contributed by atoms with van der Waals surface area (Å²) in [5, 5.41) is 7.32. The molecule has 0 saturated heterocycles. The highest BCUT2D eigenvalue weighted by molar-refractivity contribution is 5.00. The van der Waals surface area contributed by atoms with Crippen molar-refractivity contribution in [2.45, 2.75) is 51.7 Å². The molecule has 17 heavy (non-hydrogen) atoms. The Labute approximate surface area is 102 Å². The summed E-state index contributed by atoms with van der Waals surface area (Å²) in [6, 6.07) is 0. The number of nitrogens with zero attached hydrogens (tertiary/aromatic N) is 2. The van der Waals surface area contributed by atoms with Gasteiger partial charge in [-0.25, -0.2) is 0 Å². The van der Waals surface area contributed by atoms with Crippen LogP contribution in [-0.4, -0.2) is 29.4 Å². The molecule has 0 aromatic carbocycles. The van der Waals surface area contributed by atoms with Gasteiger partial charge in [0.25, 0.3) is 0 Å². The second-order valence-electron chi connectivity index (χ2n) is 5.11. The second-order valence-corrected chi connectivity index (χ2v) is 5.11. The van der Waals surface area contributed by atoms with E-state index in [-0.39, 0.29) is 5.54 Å². The predicted molar refractivity (Wildman–Crippen MR) is 63.7 cm³/mol. The highest BCUT2D eigenvalue weighted by Gasteiger charge is 2.25. The van der Waals surface area contributed by atoms with Crippen molar-refractivity contribution in [3.8, 4) is 0 Å². The summed E-state index contributed by atoms with van der Waals surface area (Å²) < 4.78 is 10.7. The molecule has 2 rings (SSSR count). The summed E-state index contributed by atoms with van der Waals surface area (Å²) in [5.41, 5.74) is -0.277. The van der Waals surface area contributed by atoms with Crippen molar-refractivity contribution in [2.75, 3.05) is 13.2 Å². The van der Waals surface area contributed by atoms with Gasteiger partial charge in [0, 0.05) is 13.5 Å². The minimum atomic E-state index is -0.277. The average molecular weight is 239 g/mol. The molecule has 1 heterocycles. The zero-order valence-electron chi connectivity index (χ0n) is 10.8. The highest BCUT2D eigenvalue weighted by atomic mass is 16.5. The quantitative estimate of drug-likeness (QED) is 0.767. The van der Waals surface area contributed by atoms with Crippen LogP contribution >= 0.6 is 0 Å². The fourth-order valence-electron chi connectivity index (χ4n) is 1.76. The van der Waals surface area contributed by atoms with Crippen LogP contribution in [-0.2, 0) is 10.3 Å². The van der Waals surface area contributed by atoms with Gasteiger partial charge in [0.05, 0.1) is 18.2 Å². The first-order valence-corrected chi connectivity index (χ1v) is 6.25. The first kappa shape index (κ1) is 12.5. The monoisotopic (exact) mass is 239 g/mol. The smallest absolute Gasteiger partial charge is 0.223 e. The topological polar surface area (TPSA) is 60.2 Å². The standard InChI is InChI=1S/C12H21N3O2/c1-9-14-11(15-17-9)12(2,3)13-7-8-16-10-5-4-6-10/h10,13H,4-8H2,1-3H3. The van der Waals surface area contributed by atoms with Gasteiger partial charge in [0.1, 0.15) is 0 Å². The predicted octanol–water partition coefficient (Wildman–Crippen LogP) is 1.77. The Morgan fingerprint density at radius 1 is 1.47 bits per heavy atom. The maximum absolute atomic E-state index is 5.69. The van der Waals surface area contributed by atoms with Crippen LogP contribution in [0.5, 0.6) is 0 Å². The second kappa shape index (κ2) is 5.14. The van der Waals surface area contributed by atoms with E-state index < -0.39 is 0 Å². The first-order valence-electron chi connectivity index (χ1n) is 6.25. The van der Waals surface area contributed by atoms with Gasteiger partial charge in [-0.1, -0.05) is 5.16 Å². The van der Waals surface area contributed by atoms with Crippen LogP contribution in [0.1, 0.15) is 44.8 Å². The number of ether oxygens (including phenoxy) is 1. The maximum atomic E-state index is 5.69. The molecular formula is C12H21N3O2. The molecule has 96 valence electrons. The normalized spacial score (nSPS) is 17.1. The van der Waals surface area contributed by atoms with E-state index in [0.717, 1.165) is 13.2 Å². The molecule has 1 N–H and O–H groups in total. The van der Waals surface area contributed by atoms with E-state index in [0.29, 0.717) is 17.8 Å². The van der Waals surface area contributed by atoms with Crippen LogP contribution in [0.15, 0.2) is 4.52 Å². The molecule has 0 amide bonds. The molecule has 1 saturated carbocycles. The molecule has 0 atom stereocenters. The Balaban J connectivity index is 1.72. The minimum absolute atomic E-state index is 0.277. The van der Waals surface area contributed by atoms with Crippen LogP contribution in [0, 0.1) is 6.92 Å². The molecule has 1 aliphatic carbocycles. The lowest BCUT2D eigenvalue weighted by Crippen LogP contribution is -2.40. The lowest BCUT2D eigenvalue weighted by Gasteiger charge is -2.27.